The van der Waals surface area contributed by atoms with E-state index in [9.17, 15) is 0 Å². The third kappa shape index (κ3) is 4.15. The van der Waals surface area contributed by atoms with Gasteiger partial charge in [0.15, 0.2) is 5.76 Å². The SMILES string of the molecule is CO.COCCSc1sc2nc(-c3ccno3)cc(-c3cnc(C)n3C)c2c1N. The molecule has 4 aromatic heterocycles. The quantitative estimate of drug-likeness (QED) is 0.350. The average molecular weight is 434 g/mol. The molecular formula is C19H23N5O3S2. The van der Waals surface area contributed by atoms with Crippen LogP contribution in [0, 0.1) is 6.92 Å². The maximum Gasteiger partial charge on any atom is 0.185 e. The summed E-state index contributed by atoms with van der Waals surface area (Å²) in [4.78, 5) is 10.1. The van der Waals surface area contributed by atoms with E-state index in [1.54, 1.807) is 42.5 Å². The predicted octanol–water partition coefficient (Wildman–Crippen LogP) is 3.59. The first-order valence-electron chi connectivity index (χ1n) is 8.79. The van der Waals surface area contributed by atoms with Crippen molar-refractivity contribution >= 4 is 39.0 Å². The van der Waals surface area contributed by atoms with Crippen molar-refractivity contribution in [1.82, 2.24) is 19.7 Å². The molecule has 154 valence electrons. The second-order valence-corrected chi connectivity index (χ2v) is 8.37. The van der Waals surface area contributed by atoms with Crippen LogP contribution in [-0.4, -0.2) is 51.4 Å². The van der Waals surface area contributed by atoms with Crippen molar-refractivity contribution in [2.75, 3.05) is 32.3 Å². The summed E-state index contributed by atoms with van der Waals surface area (Å²) < 4.78 is 13.6. The highest BCUT2D eigenvalue weighted by Crippen LogP contribution is 2.45. The molecule has 0 saturated heterocycles. The zero-order valence-electron chi connectivity index (χ0n) is 16.7. The fourth-order valence-electron chi connectivity index (χ4n) is 2.85. The number of rotatable bonds is 6. The van der Waals surface area contributed by atoms with Gasteiger partial charge in [0.1, 0.15) is 16.3 Å². The summed E-state index contributed by atoms with van der Waals surface area (Å²) in [5, 5.41) is 11.8. The Kier molecular flexibility index (Phi) is 6.91. The van der Waals surface area contributed by atoms with E-state index in [0.717, 1.165) is 55.8 Å². The number of nitrogens with zero attached hydrogens (tertiary/aromatic N) is 4. The van der Waals surface area contributed by atoms with Gasteiger partial charge >= 0.3 is 0 Å². The largest absolute Gasteiger partial charge is 0.400 e. The van der Waals surface area contributed by atoms with Crippen LogP contribution in [0.3, 0.4) is 0 Å². The fraction of sp³-hybridized carbons (Fsp3) is 0.316. The van der Waals surface area contributed by atoms with Gasteiger partial charge in [-0.1, -0.05) is 5.16 Å². The van der Waals surface area contributed by atoms with E-state index in [2.05, 4.69) is 10.1 Å². The minimum Gasteiger partial charge on any atom is -0.400 e. The summed E-state index contributed by atoms with van der Waals surface area (Å²) in [6, 6.07) is 3.80. The molecular weight excluding hydrogens is 410 g/mol. The van der Waals surface area contributed by atoms with E-state index in [1.807, 2.05) is 30.8 Å². The molecule has 0 aliphatic rings. The molecule has 0 atom stereocenters. The van der Waals surface area contributed by atoms with E-state index in [4.69, 9.17) is 25.1 Å². The van der Waals surface area contributed by atoms with E-state index < -0.39 is 0 Å². The smallest absolute Gasteiger partial charge is 0.185 e. The molecule has 0 unspecified atom stereocenters. The average Bonchev–Trinajstić information content (AvgIpc) is 3.45. The third-order valence-electron chi connectivity index (χ3n) is 4.37. The van der Waals surface area contributed by atoms with Crippen molar-refractivity contribution in [1.29, 1.82) is 0 Å². The Morgan fingerprint density at radius 2 is 2.17 bits per heavy atom. The number of hydrogen-bond donors (Lipinski definition) is 2. The normalized spacial score (nSPS) is 10.9. The molecule has 0 spiro atoms. The van der Waals surface area contributed by atoms with Gasteiger partial charge in [-0.2, -0.15) is 0 Å². The number of methoxy groups -OCH3 is 1. The molecule has 4 rings (SSSR count). The molecule has 0 bridgehead atoms. The first kappa shape index (κ1) is 21.3. The zero-order valence-corrected chi connectivity index (χ0v) is 18.3. The number of hydrogen-bond acceptors (Lipinski definition) is 9. The summed E-state index contributed by atoms with van der Waals surface area (Å²) in [6.07, 6.45) is 3.48. The van der Waals surface area contributed by atoms with E-state index in [-0.39, 0.29) is 0 Å². The summed E-state index contributed by atoms with van der Waals surface area (Å²) in [6.45, 7) is 2.64. The van der Waals surface area contributed by atoms with Crippen molar-refractivity contribution in [3.05, 3.63) is 30.4 Å². The van der Waals surface area contributed by atoms with Gasteiger partial charge in [0.25, 0.3) is 0 Å². The Morgan fingerprint density at radius 1 is 1.38 bits per heavy atom. The van der Waals surface area contributed by atoms with Crippen LogP contribution in [-0.2, 0) is 11.8 Å². The van der Waals surface area contributed by atoms with Crippen LogP contribution in [0.5, 0.6) is 0 Å². The molecule has 4 heterocycles. The maximum atomic E-state index is 7.00. The molecule has 29 heavy (non-hydrogen) atoms. The Bertz CT molecular complexity index is 1090. The van der Waals surface area contributed by atoms with Crippen LogP contribution in [0.25, 0.3) is 32.9 Å². The van der Waals surface area contributed by atoms with Crippen molar-refractivity contribution in [2.24, 2.45) is 7.05 Å². The molecule has 0 aliphatic heterocycles. The number of pyridine rings is 1. The van der Waals surface area contributed by atoms with Crippen LogP contribution < -0.4 is 5.73 Å². The first-order chi connectivity index (χ1) is 14.1. The Balaban J connectivity index is 0.00000117. The molecule has 10 heteroatoms. The van der Waals surface area contributed by atoms with Crippen molar-refractivity contribution in [3.8, 4) is 22.7 Å². The monoisotopic (exact) mass is 433 g/mol. The van der Waals surface area contributed by atoms with Gasteiger partial charge in [-0.15, -0.1) is 23.1 Å². The number of nitrogen functional groups attached to an aromatic ring is 1. The van der Waals surface area contributed by atoms with Crippen LogP contribution >= 0.6 is 23.1 Å². The number of ether oxygens (including phenoxy) is 1. The lowest BCUT2D eigenvalue weighted by Crippen LogP contribution is -1.97. The second-order valence-electron chi connectivity index (χ2n) is 6.01. The van der Waals surface area contributed by atoms with Gasteiger partial charge in [0, 0.05) is 44.0 Å². The molecule has 8 nitrogen and oxygen atoms in total. The molecule has 3 N–H and O–H groups in total. The number of anilines is 1. The molecule has 0 radical (unpaired) electrons. The Morgan fingerprint density at radius 3 is 2.79 bits per heavy atom. The summed E-state index contributed by atoms with van der Waals surface area (Å²) in [5.74, 6) is 2.39. The number of thioether (sulfide) groups is 1. The highest BCUT2D eigenvalue weighted by Gasteiger charge is 2.20. The standard InChI is InChI=1S/C18H19N5O2S2.CH4O/c1-10-20-9-13(23(10)2)11-8-12(14-4-5-21-25-14)22-17-15(11)16(19)18(27-17)26-7-6-24-3;1-2/h4-5,8-9H,6-7,19H2,1-3H3;2H,1H3. The number of aliphatic hydroxyl groups excluding tert-OH is 1. The van der Waals surface area contributed by atoms with Gasteiger partial charge in [0.05, 0.1) is 34.6 Å². The third-order valence-corrected chi connectivity index (χ3v) is 6.72. The second kappa shape index (κ2) is 9.40. The van der Waals surface area contributed by atoms with Crippen molar-refractivity contribution in [2.45, 2.75) is 11.1 Å². The van der Waals surface area contributed by atoms with Crippen LogP contribution in [0.15, 0.2) is 33.3 Å². The Hall–Kier alpha value is -2.40. The molecule has 0 aromatic carbocycles. The lowest BCUT2D eigenvalue weighted by Gasteiger charge is -2.08. The topological polar surface area (TPSA) is 112 Å². The minimum atomic E-state index is 0.623. The van der Waals surface area contributed by atoms with Gasteiger partial charge in [0.2, 0.25) is 0 Å². The van der Waals surface area contributed by atoms with Crippen molar-refractivity contribution in [3.63, 3.8) is 0 Å². The number of fused-ring (bicyclic) bond motifs is 1. The van der Waals surface area contributed by atoms with Crippen molar-refractivity contribution < 1.29 is 14.4 Å². The lowest BCUT2D eigenvalue weighted by atomic mass is 10.1. The van der Waals surface area contributed by atoms with Crippen LogP contribution in [0.2, 0.25) is 0 Å². The predicted molar refractivity (Wildman–Crippen MR) is 117 cm³/mol. The summed E-state index contributed by atoms with van der Waals surface area (Å²) in [7, 11) is 4.69. The van der Waals surface area contributed by atoms with Gasteiger partial charge in [-0.05, 0) is 13.0 Å². The summed E-state index contributed by atoms with van der Waals surface area (Å²) in [5.41, 5.74) is 9.98. The highest BCUT2D eigenvalue weighted by molar-refractivity contribution is 8.01. The molecule has 0 fully saturated rings. The van der Waals surface area contributed by atoms with E-state index in [0.29, 0.717) is 12.4 Å². The number of aromatic nitrogens is 4. The van der Waals surface area contributed by atoms with Gasteiger partial charge in [-0.25, -0.2) is 9.97 Å². The number of aliphatic hydroxyl groups is 1. The summed E-state index contributed by atoms with van der Waals surface area (Å²) >= 11 is 3.27. The molecule has 0 saturated carbocycles. The fourth-order valence-corrected chi connectivity index (χ4v) is 5.12. The lowest BCUT2D eigenvalue weighted by molar-refractivity contribution is 0.218. The molecule has 4 aromatic rings. The minimum absolute atomic E-state index is 0.623. The van der Waals surface area contributed by atoms with E-state index in [1.165, 1.54) is 0 Å². The number of thiophene rings is 1. The molecule has 0 aliphatic carbocycles. The molecule has 0 amide bonds. The Labute approximate surface area is 176 Å². The number of imidazole rings is 1. The highest BCUT2D eigenvalue weighted by atomic mass is 32.2. The van der Waals surface area contributed by atoms with Crippen LogP contribution in [0.4, 0.5) is 5.69 Å². The first-order valence-corrected chi connectivity index (χ1v) is 10.6. The van der Waals surface area contributed by atoms with Gasteiger partial charge in [-0.3, -0.25) is 0 Å². The number of aryl methyl sites for hydroxylation is 1. The van der Waals surface area contributed by atoms with Crippen LogP contribution in [0.1, 0.15) is 5.82 Å². The maximum absolute atomic E-state index is 7.00. The van der Waals surface area contributed by atoms with Gasteiger partial charge < -0.3 is 24.7 Å². The number of nitrogens with two attached hydrogens (primary N) is 1. The zero-order chi connectivity index (χ0) is 21.0. The van der Waals surface area contributed by atoms with E-state index >= 15 is 0 Å².